The number of likely N-dealkylation sites (N-methyl/N-ethyl adjacent to an activating group) is 1. The largest absolute Gasteiger partial charge is 0.444 e. The molecule has 0 radical (unpaired) electrons. The van der Waals surface area contributed by atoms with Gasteiger partial charge in [-0.3, -0.25) is 4.79 Å². The Labute approximate surface area is 133 Å². The molecule has 7 heteroatoms. The second-order valence-electron chi connectivity index (χ2n) is 6.53. The van der Waals surface area contributed by atoms with Crippen molar-refractivity contribution in [3.05, 3.63) is 29.3 Å². The molecular weight excluding hydrogens is 306 g/mol. The average Bonchev–Trinajstić information content (AvgIpc) is 2.48. The number of hydrogen-bond donors (Lipinski definition) is 1. The minimum Gasteiger partial charge on any atom is -0.444 e. The third kappa shape index (κ3) is 3.97. The number of aryl methyl sites for hydroxylation is 1. The Morgan fingerprint density at radius 1 is 1.35 bits per heavy atom. The van der Waals surface area contributed by atoms with E-state index < -0.39 is 35.3 Å². The number of nitrogens with zero attached hydrogens (tertiary/aromatic N) is 1. The van der Waals surface area contributed by atoms with Gasteiger partial charge in [0.2, 0.25) is 5.91 Å². The summed E-state index contributed by atoms with van der Waals surface area (Å²) < 4.78 is 32.5. The van der Waals surface area contributed by atoms with Gasteiger partial charge < -0.3 is 15.0 Å². The number of halogens is 2. The van der Waals surface area contributed by atoms with Gasteiger partial charge in [0.15, 0.2) is 0 Å². The first-order chi connectivity index (χ1) is 10.6. The molecule has 0 saturated carbocycles. The van der Waals surface area contributed by atoms with E-state index in [1.807, 2.05) is 0 Å². The molecule has 23 heavy (non-hydrogen) atoms. The molecule has 1 aliphatic heterocycles. The Morgan fingerprint density at radius 2 is 2.00 bits per heavy atom. The average molecular weight is 326 g/mol. The zero-order valence-electron chi connectivity index (χ0n) is 13.6. The van der Waals surface area contributed by atoms with Gasteiger partial charge in [-0.1, -0.05) is 0 Å². The molecule has 1 aliphatic rings. The molecule has 0 spiro atoms. The number of carbonyl (C=O) groups is 2. The second kappa shape index (κ2) is 6.14. The number of nitrogens with one attached hydrogen (secondary N) is 1. The van der Waals surface area contributed by atoms with Gasteiger partial charge >= 0.3 is 6.09 Å². The second-order valence-corrected chi connectivity index (χ2v) is 6.53. The summed E-state index contributed by atoms with van der Waals surface area (Å²) in [5.41, 5.74) is -0.251. The quantitative estimate of drug-likeness (QED) is 0.863. The van der Waals surface area contributed by atoms with Gasteiger partial charge in [-0.2, -0.15) is 0 Å². The predicted molar refractivity (Wildman–Crippen MR) is 81.2 cm³/mol. The summed E-state index contributed by atoms with van der Waals surface area (Å²) in [5.74, 6) is -1.96. The third-order valence-electron chi connectivity index (χ3n) is 3.46. The van der Waals surface area contributed by atoms with Gasteiger partial charge in [0.25, 0.3) is 0 Å². The van der Waals surface area contributed by atoms with Gasteiger partial charge in [-0.05, 0) is 45.2 Å². The van der Waals surface area contributed by atoms with Gasteiger partial charge in [-0.15, -0.1) is 0 Å². The van der Waals surface area contributed by atoms with Crippen molar-refractivity contribution in [2.45, 2.75) is 45.3 Å². The molecule has 2 rings (SSSR count). The maximum Gasteiger partial charge on any atom is 0.408 e. The van der Waals surface area contributed by atoms with Gasteiger partial charge in [0.05, 0.1) is 5.69 Å². The maximum absolute atomic E-state index is 14.0. The Balaban J connectivity index is 2.21. The number of benzene rings is 1. The van der Waals surface area contributed by atoms with Crippen molar-refractivity contribution >= 4 is 17.7 Å². The summed E-state index contributed by atoms with van der Waals surface area (Å²) >= 11 is 0. The molecule has 0 aromatic heterocycles. The van der Waals surface area contributed by atoms with Crippen LogP contribution in [-0.2, 0) is 16.0 Å². The van der Waals surface area contributed by atoms with Crippen LogP contribution in [0.15, 0.2) is 12.1 Å². The molecule has 1 N–H and O–H groups in total. The Morgan fingerprint density at radius 3 is 2.61 bits per heavy atom. The van der Waals surface area contributed by atoms with E-state index in [2.05, 4.69) is 5.32 Å². The minimum atomic E-state index is -0.857. The zero-order valence-corrected chi connectivity index (χ0v) is 13.6. The molecule has 1 heterocycles. The lowest BCUT2D eigenvalue weighted by Crippen LogP contribution is -2.48. The van der Waals surface area contributed by atoms with E-state index in [1.165, 1.54) is 13.1 Å². The van der Waals surface area contributed by atoms with Gasteiger partial charge in [-0.25, -0.2) is 13.6 Å². The fraction of sp³-hybridized carbons (Fsp3) is 0.500. The summed E-state index contributed by atoms with van der Waals surface area (Å²) in [6.07, 6.45) is -0.222. The van der Waals surface area contributed by atoms with Gasteiger partial charge in [0, 0.05) is 13.1 Å². The van der Waals surface area contributed by atoms with E-state index in [9.17, 15) is 18.4 Å². The number of fused-ring (bicyclic) bond motifs is 1. The number of amides is 2. The summed E-state index contributed by atoms with van der Waals surface area (Å²) in [6.45, 7) is 5.13. The lowest BCUT2D eigenvalue weighted by molar-refractivity contribution is -0.120. The molecule has 126 valence electrons. The highest BCUT2D eigenvalue weighted by Gasteiger charge is 2.32. The number of carbonyl (C=O) groups excluding carboxylic acids is 2. The first-order valence-electron chi connectivity index (χ1n) is 7.33. The van der Waals surface area contributed by atoms with Crippen LogP contribution in [-0.4, -0.2) is 30.7 Å². The fourth-order valence-electron chi connectivity index (χ4n) is 2.54. The SMILES string of the molecule is CN1C(=O)C(NC(=O)OC(C)(C)C)CCc2cc(F)cc(F)c21. The zero-order chi connectivity index (χ0) is 17.4. The van der Waals surface area contributed by atoms with Crippen molar-refractivity contribution in [2.24, 2.45) is 0 Å². The Kier molecular flexibility index (Phi) is 4.58. The first kappa shape index (κ1) is 17.2. The smallest absolute Gasteiger partial charge is 0.408 e. The van der Waals surface area contributed by atoms with Crippen molar-refractivity contribution in [2.75, 3.05) is 11.9 Å². The molecular formula is C16H20F2N2O3. The molecule has 1 unspecified atom stereocenters. The van der Waals surface area contributed by atoms with Crippen molar-refractivity contribution < 1.29 is 23.1 Å². The maximum atomic E-state index is 14.0. The third-order valence-corrected chi connectivity index (χ3v) is 3.46. The monoisotopic (exact) mass is 326 g/mol. The molecule has 2 amide bonds. The first-order valence-corrected chi connectivity index (χ1v) is 7.33. The van der Waals surface area contributed by atoms with Crippen LogP contribution in [0, 0.1) is 11.6 Å². The van der Waals surface area contributed by atoms with E-state index >= 15 is 0 Å². The van der Waals surface area contributed by atoms with Crippen LogP contribution in [0.5, 0.6) is 0 Å². The van der Waals surface area contributed by atoms with E-state index in [1.54, 1.807) is 20.8 Å². The lowest BCUT2D eigenvalue weighted by atomic mass is 10.1. The van der Waals surface area contributed by atoms with Crippen molar-refractivity contribution in [3.63, 3.8) is 0 Å². The molecule has 0 saturated heterocycles. The van der Waals surface area contributed by atoms with E-state index in [0.717, 1.165) is 11.0 Å². The van der Waals surface area contributed by atoms with Crippen LogP contribution >= 0.6 is 0 Å². The molecule has 1 aromatic rings. The number of alkyl carbamates (subject to hydrolysis) is 1. The fourth-order valence-corrected chi connectivity index (χ4v) is 2.54. The van der Waals surface area contributed by atoms with Crippen molar-refractivity contribution in [3.8, 4) is 0 Å². The summed E-state index contributed by atoms with van der Waals surface area (Å²) in [7, 11) is 1.40. The summed E-state index contributed by atoms with van der Waals surface area (Å²) in [6, 6.07) is 1.09. The van der Waals surface area contributed by atoms with Crippen LogP contribution in [0.3, 0.4) is 0 Å². The van der Waals surface area contributed by atoms with Crippen LogP contribution in [0.1, 0.15) is 32.8 Å². The number of ether oxygens (including phenoxy) is 1. The number of rotatable bonds is 1. The Bertz CT molecular complexity index is 641. The van der Waals surface area contributed by atoms with Crippen LogP contribution < -0.4 is 10.2 Å². The number of hydrogen-bond acceptors (Lipinski definition) is 3. The van der Waals surface area contributed by atoms with E-state index in [0.29, 0.717) is 5.56 Å². The molecule has 1 atom stereocenters. The standard InChI is InChI=1S/C16H20F2N2O3/c1-16(2,3)23-15(22)19-12-6-5-9-7-10(17)8-11(18)13(9)20(4)14(12)21/h7-8,12H,5-6H2,1-4H3,(H,19,22). The van der Waals surface area contributed by atoms with Crippen molar-refractivity contribution in [1.82, 2.24) is 5.32 Å². The highest BCUT2D eigenvalue weighted by molar-refractivity contribution is 5.99. The molecule has 5 nitrogen and oxygen atoms in total. The van der Waals surface area contributed by atoms with Crippen LogP contribution in [0.25, 0.3) is 0 Å². The van der Waals surface area contributed by atoms with E-state index in [4.69, 9.17) is 4.74 Å². The van der Waals surface area contributed by atoms with Crippen molar-refractivity contribution in [1.29, 1.82) is 0 Å². The highest BCUT2D eigenvalue weighted by atomic mass is 19.1. The Hall–Kier alpha value is -2.18. The molecule has 0 aliphatic carbocycles. The van der Waals surface area contributed by atoms with E-state index in [-0.39, 0.29) is 18.5 Å². The predicted octanol–water partition coefficient (Wildman–Crippen LogP) is 2.77. The molecule has 0 bridgehead atoms. The van der Waals surface area contributed by atoms with Crippen LogP contribution in [0.4, 0.5) is 19.3 Å². The lowest BCUT2D eigenvalue weighted by Gasteiger charge is -2.24. The minimum absolute atomic E-state index is 0.0462. The summed E-state index contributed by atoms with van der Waals surface area (Å²) in [4.78, 5) is 25.4. The molecule has 0 fully saturated rings. The highest BCUT2D eigenvalue weighted by Crippen LogP contribution is 2.30. The van der Waals surface area contributed by atoms with Crippen LogP contribution in [0.2, 0.25) is 0 Å². The van der Waals surface area contributed by atoms with Gasteiger partial charge in [0.1, 0.15) is 23.3 Å². The summed E-state index contributed by atoms with van der Waals surface area (Å²) in [5, 5.41) is 2.50. The normalized spacial score (nSPS) is 18.3. The number of anilines is 1. The topological polar surface area (TPSA) is 58.6 Å². The molecule has 1 aromatic carbocycles.